The summed E-state index contributed by atoms with van der Waals surface area (Å²) in [4.78, 5) is 2.12. The van der Waals surface area contributed by atoms with Crippen LogP contribution >= 0.6 is 0 Å². The number of phenols is 1. The summed E-state index contributed by atoms with van der Waals surface area (Å²) in [6.45, 7) is 7.45. The van der Waals surface area contributed by atoms with Crippen LogP contribution in [0.4, 0.5) is 0 Å². The highest BCUT2D eigenvalue weighted by Crippen LogP contribution is 2.64. The molecule has 2 saturated carbocycles. The van der Waals surface area contributed by atoms with Gasteiger partial charge in [0.1, 0.15) is 23.9 Å². The molecule has 4 heteroatoms. The highest BCUT2D eigenvalue weighted by Gasteiger charge is 2.55. The van der Waals surface area contributed by atoms with E-state index in [4.69, 9.17) is 9.47 Å². The van der Waals surface area contributed by atoms with Gasteiger partial charge in [-0.05, 0) is 135 Å². The third-order valence-corrected chi connectivity index (χ3v) is 9.62. The van der Waals surface area contributed by atoms with Crippen LogP contribution in [-0.4, -0.2) is 43.9 Å². The van der Waals surface area contributed by atoms with E-state index in [0.717, 1.165) is 55.2 Å². The van der Waals surface area contributed by atoms with E-state index >= 15 is 0 Å². The van der Waals surface area contributed by atoms with Crippen LogP contribution < -0.4 is 9.47 Å². The van der Waals surface area contributed by atoms with Gasteiger partial charge in [0.2, 0.25) is 0 Å². The average molecular weight is 478 g/mol. The van der Waals surface area contributed by atoms with E-state index in [1.165, 1.54) is 36.8 Å². The molecule has 4 unspecified atom stereocenters. The predicted molar refractivity (Wildman–Crippen MR) is 141 cm³/mol. The van der Waals surface area contributed by atoms with Gasteiger partial charge in [0.05, 0.1) is 6.61 Å². The fraction of sp³-hybridized carbons (Fsp3) is 0.613. The van der Waals surface area contributed by atoms with Crippen LogP contribution in [0.5, 0.6) is 17.2 Å². The second-order valence-corrected chi connectivity index (χ2v) is 11.9. The Labute approximate surface area is 211 Å². The summed E-state index contributed by atoms with van der Waals surface area (Å²) in [5.74, 6) is 5.94. The lowest BCUT2D eigenvalue weighted by Crippen LogP contribution is -2.45. The van der Waals surface area contributed by atoms with Crippen molar-refractivity contribution < 1.29 is 14.6 Å². The Bertz CT molecular complexity index is 1000. The maximum Gasteiger partial charge on any atom is 0.119 e. The Hall–Kier alpha value is -2.20. The van der Waals surface area contributed by atoms with Crippen molar-refractivity contribution in [2.45, 2.75) is 58.3 Å². The molecule has 0 aromatic heterocycles. The number of phenolic OH excluding ortho intramolecular Hbond substituents is 1. The first-order chi connectivity index (χ1) is 16.8. The number of hydrogen-bond donors (Lipinski definition) is 1. The number of nitrogens with zero attached hydrogens (tertiary/aromatic N) is 1. The Balaban J connectivity index is 1.18. The number of benzene rings is 2. The zero-order chi connectivity index (χ0) is 24.6. The van der Waals surface area contributed by atoms with Gasteiger partial charge < -0.3 is 19.5 Å². The van der Waals surface area contributed by atoms with E-state index in [1.807, 2.05) is 36.4 Å². The van der Waals surface area contributed by atoms with Gasteiger partial charge in [-0.2, -0.15) is 0 Å². The fourth-order valence-electron chi connectivity index (χ4n) is 7.84. The fourth-order valence-corrected chi connectivity index (χ4v) is 7.84. The van der Waals surface area contributed by atoms with Gasteiger partial charge in [-0.1, -0.05) is 19.9 Å². The van der Waals surface area contributed by atoms with Crippen molar-refractivity contribution in [2.75, 3.05) is 33.9 Å². The minimum absolute atomic E-state index is 0.419. The molecule has 0 saturated heterocycles. The average Bonchev–Trinajstić information content (AvgIpc) is 3.15. The third kappa shape index (κ3) is 4.91. The lowest BCUT2D eigenvalue weighted by atomic mass is 9.51. The Morgan fingerprint density at radius 1 is 0.971 bits per heavy atom. The molecule has 6 atom stereocenters. The molecule has 3 aliphatic carbocycles. The largest absolute Gasteiger partial charge is 0.508 e. The molecule has 5 rings (SSSR count). The van der Waals surface area contributed by atoms with E-state index in [-0.39, 0.29) is 0 Å². The number of ether oxygens (including phenoxy) is 2. The molecule has 1 N–H and O–H groups in total. The highest BCUT2D eigenvalue weighted by molar-refractivity contribution is 5.40. The Kier molecular flexibility index (Phi) is 7.03. The summed E-state index contributed by atoms with van der Waals surface area (Å²) in [6, 6.07) is 14.2. The van der Waals surface area contributed by atoms with Gasteiger partial charge in [0.25, 0.3) is 0 Å². The number of aromatic hydroxyl groups is 1. The summed E-state index contributed by atoms with van der Waals surface area (Å²) < 4.78 is 12.0. The molecule has 0 amide bonds. The number of hydrogen-bond acceptors (Lipinski definition) is 4. The van der Waals surface area contributed by atoms with Crippen molar-refractivity contribution in [3.63, 3.8) is 0 Å². The van der Waals surface area contributed by atoms with Crippen LogP contribution in [0.15, 0.2) is 42.5 Å². The molecule has 0 radical (unpaired) electrons. The van der Waals surface area contributed by atoms with E-state index < -0.39 is 0 Å². The summed E-state index contributed by atoms with van der Waals surface area (Å²) in [5, 5.41) is 10.0. The lowest BCUT2D eigenvalue weighted by Gasteiger charge is -2.53. The van der Waals surface area contributed by atoms with Crippen molar-refractivity contribution in [1.82, 2.24) is 4.90 Å². The first kappa shape index (κ1) is 24.5. The molecule has 35 heavy (non-hydrogen) atoms. The van der Waals surface area contributed by atoms with Crippen LogP contribution in [0.3, 0.4) is 0 Å². The van der Waals surface area contributed by atoms with Crippen molar-refractivity contribution in [3.8, 4) is 17.2 Å². The second-order valence-electron chi connectivity index (χ2n) is 11.9. The van der Waals surface area contributed by atoms with Gasteiger partial charge >= 0.3 is 0 Å². The van der Waals surface area contributed by atoms with Crippen LogP contribution in [-0.2, 0) is 6.42 Å². The molecular formula is C31H43NO3. The van der Waals surface area contributed by atoms with E-state index in [9.17, 15) is 5.11 Å². The zero-order valence-corrected chi connectivity index (χ0v) is 22.0. The van der Waals surface area contributed by atoms with Gasteiger partial charge in [-0.3, -0.25) is 0 Å². The number of fused-ring (bicyclic) bond motifs is 5. The van der Waals surface area contributed by atoms with Crippen molar-refractivity contribution >= 4 is 0 Å². The molecule has 0 aliphatic heterocycles. The molecule has 3 aliphatic rings. The van der Waals surface area contributed by atoms with Gasteiger partial charge in [0, 0.05) is 6.54 Å². The molecule has 2 fully saturated rings. The molecule has 0 bridgehead atoms. The number of rotatable bonds is 8. The van der Waals surface area contributed by atoms with Crippen LogP contribution in [0.2, 0.25) is 0 Å². The minimum atomic E-state index is 0.419. The standard InChI is InChI=1S/C31H43NO3/c1-21-19-22-20-24(33)6-11-27(22)28-13-15-31(2)23(5-12-29(31)30(21)28)14-17-34-25-7-9-26(10-8-25)35-18-16-32(3)4/h6-11,20-21,23,28-30,33H,5,12-19H2,1-4H3/t21-,23-,28?,29?,30?,31?/m1/s1. The molecule has 2 aromatic rings. The Morgan fingerprint density at radius 3 is 2.40 bits per heavy atom. The Morgan fingerprint density at radius 2 is 1.69 bits per heavy atom. The molecule has 0 spiro atoms. The van der Waals surface area contributed by atoms with Crippen LogP contribution in [0.1, 0.15) is 63.0 Å². The van der Waals surface area contributed by atoms with Gasteiger partial charge in [-0.15, -0.1) is 0 Å². The van der Waals surface area contributed by atoms with Crippen LogP contribution in [0, 0.1) is 29.1 Å². The first-order valence-electron chi connectivity index (χ1n) is 13.7. The maximum atomic E-state index is 10.0. The summed E-state index contributed by atoms with van der Waals surface area (Å²) in [6.07, 6.45) is 7.55. The van der Waals surface area contributed by atoms with Crippen molar-refractivity contribution in [1.29, 1.82) is 0 Å². The third-order valence-electron chi connectivity index (χ3n) is 9.62. The monoisotopic (exact) mass is 477 g/mol. The van der Waals surface area contributed by atoms with Gasteiger partial charge in [-0.25, -0.2) is 0 Å². The minimum Gasteiger partial charge on any atom is -0.508 e. The summed E-state index contributed by atoms with van der Waals surface area (Å²) in [7, 11) is 4.11. The maximum absolute atomic E-state index is 10.0. The normalized spacial score (nSPS) is 31.5. The predicted octanol–water partition coefficient (Wildman–Crippen LogP) is 6.52. The molecule has 2 aromatic carbocycles. The van der Waals surface area contributed by atoms with Crippen LogP contribution in [0.25, 0.3) is 0 Å². The molecule has 190 valence electrons. The number of likely N-dealkylation sites (N-methyl/N-ethyl adjacent to an activating group) is 1. The molecule has 4 nitrogen and oxygen atoms in total. The molecular weight excluding hydrogens is 434 g/mol. The lowest BCUT2D eigenvalue weighted by molar-refractivity contribution is 0.000917. The van der Waals surface area contributed by atoms with E-state index in [1.54, 1.807) is 0 Å². The zero-order valence-electron chi connectivity index (χ0n) is 22.0. The second kappa shape index (κ2) is 10.0. The van der Waals surface area contributed by atoms with E-state index in [0.29, 0.717) is 29.6 Å². The summed E-state index contributed by atoms with van der Waals surface area (Å²) in [5.41, 5.74) is 3.34. The van der Waals surface area contributed by atoms with Crippen molar-refractivity contribution in [2.24, 2.45) is 29.1 Å². The molecule has 0 heterocycles. The summed E-state index contributed by atoms with van der Waals surface area (Å²) >= 11 is 0. The SMILES string of the molecule is C[C@@H]1Cc2cc(O)ccc2C2CCC3(C)C(CC[C@@H]3CCOc3ccc(OCCN(C)C)cc3)C21. The quantitative estimate of drug-likeness (QED) is 0.470. The topological polar surface area (TPSA) is 41.9 Å². The first-order valence-corrected chi connectivity index (χ1v) is 13.7. The smallest absolute Gasteiger partial charge is 0.119 e. The van der Waals surface area contributed by atoms with Crippen molar-refractivity contribution in [3.05, 3.63) is 53.6 Å². The van der Waals surface area contributed by atoms with Gasteiger partial charge in [0.15, 0.2) is 0 Å². The highest BCUT2D eigenvalue weighted by atomic mass is 16.5. The van der Waals surface area contributed by atoms with E-state index in [2.05, 4.69) is 38.9 Å².